The molecular formula is C13H15BrO4. The molecule has 0 unspecified atom stereocenters. The number of hydrogen-bond donors (Lipinski definition) is 0. The molecule has 0 aliphatic rings. The number of esters is 1. The standard InChI is InChI=1S/C13H15BrO4/c1-3-18-13(16)10-5-4-6-12(17-2)11(10)7-9(15)8-14/h4-6H,3,7-8H2,1-2H3. The number of Topliss-reactive ketones (excluding diaryl/α,β-unsaturated/α-hetero) is 1. The monoisotopic (exact) mass is 314 g/mol. The van der Waals surface area contributed by atoms with E-state index in [1.54, 1.807) is 25.1 Å². The van der Waals surface area contributed by atoms with Gasteiger partial charge in [-0.15, -0.1) is 0 Å². The first-order chi connectivity index (χ1) is 8.63. The first kappa shape index (κ1) is 14.7. The largest absolute Gasteiger partial charge is 0.496 e. The van der Waals surface area contributed by atoms with Crippen LogP contribution >= 0.6 is 15.9 Å². The van der Waals surface area contributed by atoms with Crippen LogP contribution in [0.4, 0.5) is 0 Å². The van der Waals surface area contributed by atoms with Crippen molar-refractivity contribution >= 4 is 27.7 Å². The number of halogens is 1. The van der Waals surface area contributed by atoms with E-state index < -0.39 is 5.97 Å². The van der Waals surface area contributed by atoms with Crippen LogP contribution in [0.25, 0.3) is 0 Å². The average molecular weight is 315 g/mol. The van der Waals surface area contributed by atoms with Crippen LogP contribution in [-0.4, -0.2) is 30.8 Å². The number of carbonyl (C=O) groups excluding carboxylic acids is 2. The zero-order chi connectivity index (χ0) is 13.5. The van der Waals surface area contributed by atoms with Gasteiger partial charge in [0.25, 0.3) is 0 Å². The maximum Gasteiger partial charge on any atom is 0.338 e. The molecule has 0 N–H and O–H groups in total. The van der Waals surface area contributed by atoms with Gasteiger partial charge in [0.05, 0.1) is 24.6 Å². The Hall–Kier alpha value is -1.36. The lowest BCUT2D eigenvalue weighted by Crippen LogP contribution is -2.13. The number of benzene rings is 1. The molecule has 0 bridgehead atoms. The summed E-state index contributed by atoms with van der Waals surface area (Å²) in [6.45, 7) is 2.03. The van der Waals surface area contributed by atoms with Crippen molar-refractivity contribution in [3.05, 3.63) is 29.3 Å². The van der Waals surface area contributed by atoms with E-state index in [0.717, 1.165) is 0 Å². The zero-order valence-corrected chi connectivity index (χ0v) is 12.0. The highest BCUT2D eigenvalue weighted by atomic mass is 79.9. The van der Waals surface area contributed by atoms with Crippen LogP contribution in [0.5, 0.6) is 5.75 Å². The van der Waals surface area contributed by atoms with E-state index >= 15 is 0 Å². The molecule has 0 saturated heterocycles. The fourth-order valence-electron chi connectivity index (χ4n) is 1.58. The SMILES string of the molecule is CCOC(=O)c1cccc(OC)c1CC(=O)CBr. The third-order valence-electron chi connectivity index (χ3n) is 2.37. The summed E-state index contributed by atoms with van der Waals surface area (Å²) < 4.78 is 10.2. The van der Waals surface area contributed by atoms with Crippen molar-refractivity contribution in [1.29, 1.82) is 0 Å². The van der Waals surface area contributed by atoms with Crippen LogP contribution in [-0.2, 0) is 16.0 Å². The van der Waals surface area contributed by atoms with Gasteiger partial charge in [-0.1, -0.05) is 22.0 Å². The van der Waals surface area contributed by atoms with Crippen LogP contribution < -0.4 is 4.74 Å². The topological polar surface area (TPSA) is 52.6 Å². The average Bonchev–Trinajstić information content (AvgIpc) is 2.38. The predicted octanol–water partition coefficient (Wildman–Crippen LogP) is 2.38. The maximum atomic E-state index is 11.8. The van der Waals surface area contributed by atoms with Crippen molar-refractivity contribution in [1.82, 2.24) is 0 Å². The summed E-state index contributed by atoms with van der Waals surface area (Å²) in [6.07, 6.45) is 0.142. The summed E-state index contributed by atoms with van der Waals surface area (Å²) in [4.78, 5) is 23.3. The van der Waals surface area contributed by atoms with E-state index in [1.165, 1.54) is 7.11 Å². The number of carbonyl (C=O) groups is 2. The van der Waals surface area contributed by atoms with E-state index in [9.17, 15) is 9.59 Å². The highest BCUT2D eigenvalue weighted by Crippen LogP contribution is 2.24. The predicted molar refractivity (Wildman–Crippen MR) is 71.5 cm³/mol. The molecule has 0 atom stereocenters. The van der Waals surface area contributed by atoms with Crippen molar-refractivity contribution < 1.29 is 19.1 Å². The van der Waals surface area contributed by atoms with E-state index in [4.69, 9.17) is 9.47 Å². The van der Waals surface area contributed by atoms with Crippen LogP contribution in [0, 0.1) is 0 Å². The summed E-state index contributed by atoms with van der Waals surface area (Å²) in [5.41, 5.74) is 0.952. The summed E-state index contributed by atoms with van der Waals surface area (Å²) in [7, 11) is 1.51. The molecule has 0 spiro atoms. The van der Waals surface area contributed by atoms with Crippen LogP contribution in [0.3, 0.4) is 0 Å². The van der Waals surface area contributed by atoms with Gasteiger partial charge in [0.2, 0.25) is 0 Å². The minimum Gasteiger partial charge on any atom is -0.496 e. The first-order valence-corrected chi connectivity index (χ1v) is 6.66. The normalized spacial score (nSPS) is 9.94. The second-order valence-corrected chi connectivity index (χ2v) is 4.12. The molecule has 0 aliphatic heterocycles. The Balaban J connectivity index is 3.15. The third-order valence-corrected chi connectivity index (χ3v) is 3.00. The number of ketones is 1. The maximum absolute atomic E-state index is 11.8. The van der Waals surface area contributed by atoms with Gasteiger partial charge >= 0.3 is 5.97 Å². The summed E-state index contributed by atoms with van der Waals surface area (Å²) >= 11 is 3.10. The van der Waals surface area contributed by atoms with Crippen molar-refractivity contribution in [3.63, 3.8) is 0 Å². The van der Waals surface area contributed by atoms with Crippen molar-refractivity contribution in [3.8, 4) is 5.75 Å². The Kier molecular flexibility index (Phi) is 5.85. The molecule has 1 aromatic carbocycles. The number of alkyl halides is 1. The molecule has 1 aromatic rings. The Labute approximate surface area is 114 Å². The van der Waals surface area contributed by atoms with Gasteiger partial charge in [0, 0.05) is 12.0 Å². The molecule has 0 saturated carbocycles. The van der Waals surface area contributed by atoms with Crippen molar-refractivity contribution in [2.75, 3.05) is 19.0 Å². The molecule has 4 nitrogen and oxygen atoms in total. The van der Waals surface area contributed by atoms with Gasteiger partial charge in [-0.25, -0.2) is 4.79 Å². The van der Waals surface area contributed by atoms with Gasteiger partial charge < -0.3 is 9.47 Å². The number of ether oxygens (including phenoxy) is 2. The summed E-state index contributed by atoms with van der Waals surface area (Å²) in [6, 6.07) is 5.06. The minimum absolute atomic E-state index is 0.0231. The molecule has 18 heavy (non-hydrogen) atoms. The molecule has 0 heterocycles. The van der Waals surface area contributed by atoms with Gasteiger partial charge in [0.1, 0.15) is 11.5 Å². The van der Waals surface area contributed by atoms with E-state index in [-0.39, 0.29) is 17.5 Å². The molecular weight excluding hydrogens is 300 g/mol. The van der Waals surface area contributed by atoms with E-state index in [1.807, 2.05) is 0 Å². The van der Waals surface area contributed by atoms with E-state index in [2.05, 4.69) is 15.9 Å². The molecule has 98 valence electrons. The number of hydrogen-bond acceptors (Lipinski definition) is 4. The zero-order valence-electron chi connectivity index (χ0n) is 10.4. The Bertz CT molecular complexity index is 443. The number of methoxy groups -OCH3 is 1. The molecule has 0 radical (unpaired) electrons. The smallest absolute Gasteiger partial charge is 0.338 e. The Morgan fingerprint density at radius 1 is 1.33 bits per heavy atom. The van der Waals surface area contributed by atoms with Crippen LogP contribution in [0.2, 0.25) is 0 Å². The highest BCUT2D eigenvalue weighted by Gasteiger charge is 2.18. The molecule has 5 heteroatoms. The molecule has 0 aliphatic carbocycles. The summed E-state index contributed by atoms with van der Waals surface area (Å²) in [5.74, 6) is 0.0636. The van der Waals surface area contributed by atoms with E-state index in [0.29, 0.717) is 23.5 Å². The van der Waals surface area contributed by atoms with Gasteiger partial charge in [-0.2, -0.15) is 0 Å². The van der Waals surface area contributed by atoms with Gasteiger partial charge in [-0.3, -0.25) is 4.79 Å². The number of rotatable bonds is 6. The molecule has 1 rings (SSSR count). The first-order valence-electron chi connectivity index (χ1n) is 5.54. The van der Waals surface area contributed by atoms with Gasteiger partial charge in [0.15, 0.2) is 0 Å². The van der Waals surface area contributed by atoms with Crippen LogP contribution in [0.1, 0.15) is 22.8 Å². The fraction of sp³-hybridized carbons (Fsp3) is 0.385. The molecule has 0 aromatic heterocycles. The van der Waals surface area contributed by atoms with Crippen molar-refractivity contribution in [2.45, 2.75) is 13.3 Å². The summed E-state index contributed by atoms with van der Waals surface area (Å²) in [5, 5.41) is 0.243. The second-order valence-electron chi connectivity index (χ2n) is 3.56. The lowest BCUT2D eigenvalue weighted by molar-refractivity contribution is -0.115. The highest BCUT2D eigenvalue weighted by molar-refractivity contribution is 9.09. The molecule has 0 fully saturated rings. The second kappa shape index (κ2) is 7.16. The van der Waals surface area contributed by atoms with Gasteiger partial charge in [-0.05, 0) is 19.1 Å². The Morgan fingerprint density at radius 3 is 2.61 bits per heavy atom. The lowest BCUT2D eigenvalue weighted by Gasteiger charge is -2.12. The van der Waals surface area contributed by atoms with Crippen LogP contribution in [0.15, 0.2) is 18.2 Å². The minimum atomic E-state index is -0.436. The third kappa shape index (κ3) is 3.57. The molecule has 0 amide bonds. The quantitative estimate of drug-likeness (QED) is 0.597. The lowest BCUT2D eigenvalue weighted by atomic mass is 10.0. The fourth-order valence-corrected chi connectivity index (χ4v) is 1.78. The van der Waals surface area contributed by atoms with Crippen molar-refractivity contribution in [2.24, 2.45) is 0 Å². The Morgan fingerprint density at radius 2 is 2.06 bits per heavy atom.